The monoisotopic (exact) mass is 248 g/mol. The average Bonchev–Trinajstić information content (AvgIpc) is 2.29. The van der Waals surface area contributed by atoms with Crippen LogP contribution in [0.3, 0.4) is 0 Å². The van der Waals surface area contributed by atoms with Crippen molar-refractivity contribution in [3.05, 3.63) is 58.1 Å². The van der Waals surface area contributed by atoms with Crippen molar-refractivity contribution >= 4 is 11.8 Å². The van der Waals surface area contributed by atoms with Crippen molar-refractivity contribution in [2.24, 2.45) is 0 Å². The number of aryl methyl sites for hydroxylation is 1. The van der Waals surface area contributed by atoms with Crippen molar-refractivity contribution in [2.75, 3.05) is 0 Å². The molecule has 1 aromatic carbocycles. The molecule has 0 spiro atoms. The number of benzene rings is 1. The molecule has 0 fully saturated rings. The molecule has 0 aliphatic carbocycles. The van der Waals surface area contributed by atoms with Gasteiger partial charge < -0.3 is 9.52 Å². The Kier molecular flexibility index (Phi) is 3.54. The Morgan fingerprint density at radius 2 is 2.00 bits per heavy atom. The molecule has 1 aromatic heterocycles. The van der Waals surface area contributed by atoms with Gasteiger partial charge in [0.15, 0.2) is 0 Å². The van der Waals surface area contributed by atoms with Gasteiger partial charge in [0.1, 0.15) is 11.5 Å². The van der Waals surface area contributed by atoms with Gasteiger partial charge in [-0.05, 0) is 19.1 Å². The van der Waals surface area contributed by atoms with E-state index in [1.807, 2.05) is 30.3 Å². The highest BCUT2D eigenvalue weighted by Gasteiger charge is 2.09. The first kappa shape index (κ1) is 11.8. The molecule has 1 heterocycles. The first-order valence-electron chi connectivity index (χ1n) is 5.17. The molecule has 0 unspecified atom stereocenters. The lowest BCUT2D eigenvalue weighted by Crippen LogP contribution is -2.06. The van der Waals surface area contributed by atoms with Gasteiger partial charge in [-0.15, -0.1) is 11.8 Å². The van der Waals surface area contributed by atoms with Gasteiger partial charge in [-0.25, -0.2) is 4.79 Å². The minimum Gasteiger partial charge on any atom is -0.507 e. The van der Waals surface area contributed by atoms with Crippen LogP contribution in [0.25, 0.3) is 0 Å². The molecule has 1 N–H and O–H groups in total. The topological polar surface area (TPSA) is 50.4 Å². The minimum atomic E-state index is -0.467. The van der Waals surface area contributed by atoms with Crippen LogP contribution in [0.4, 0.5) is 0 Å². The maximum absolute atomic E-state index is 11.5. The van der Waals surface area contributed by atoms with Crippen LogP contribution in [0, 0.1) is 6.92 Å². The lowest BCUT2D eigenvalue weighted by Gasteiger charge is -2.03. The van der Waals surface area contributed by atoms with Gasteiger partial charge in [-0.3, -0.25) is 0 Å². The molecule has 0 bridgehead atoms. The molecular formula is C13H12O3S. The highest BCUT2D eigenvalue weighted by Crippen LogP contribution is 2.25. The average molecular weight is 248 g/mol. The number of hydrogen-bond donors (Lipinski definition) is 1. The summed E-state index contributed by atoms with van der Waals surface area (Å²) < 4.78 is 4.95. The van der Waals surface area contributed by atoms with Gasteiger partial charge >= 0.3 is 5.63 Å². The summed E-state index contributed by atoms with van der Waals surface area (Å²) in [5, 5.41) is 9.68. The standard InChI is InChI=1S/C13H12O3S/c1-9-7-12(14)11(13(15)16-9)8-17-10-5-3-2-4-6-10/h2-7,14H,8H2,1H3. The maximum Gasteiger partial charge on any atom is 0.343 e. The highest BCUT2D eigenvalue weighted by molar-refractivity contribution is 7.98. The summed E-state index contributed by atoms with van der Waals surface area (Å²) in [5.41, 5.74) is -0.157. The molecule has 0 amide bonds. The van der Waals surface area contributed by atoms with Crippen LogP contribution in [0.5, 0.6) is 5.75 Å². The zero-order valence-electron chi connectivity index (χ0n) is 9.34. The molecule has 17 heavy (non-hydrogen) atoms. The number of thioether (sulfide) groups is 1. The zero-order chi connectivity index (χ0) is 12.3. The van der Waals surface area contributed by atoms with Crippen molar-refractivity contribution in [1.82, 2.24) is 0 Å². The van der Waals surface area contributed by atoms with Crippen molar-refractivity contribution in [3.63, 3.8) is 0 Å². The predicted molar refractivity (Wildman–Crippen MR) is 67.4 cm³/mol. The van der Waals surface area contributed by atoms with Crippen LogP contribution < -0.4 is 5.63 Å². The van der Waals surface area contributed by atoms with E-state index >= 15 is 0 Å². The first-order valence-corrected chi connectivity index (χ1v) is 6.16. The Morgan fingerprint density at radius 1 is 1.29 bits per heavy atom. The Labute approximate surface area is 103 Å². The Morgan fingerprint density at radius 3 is 2.65 bits per heavy atom. The van der Waals surface area contributed by atoms with Gasteiger partial charge in [0, 0.05) is 16.7 Å². The molecule has 0 atom stereocenters. The van der Waals surface area contributed by atoms with Crippen LogP contribution in [-0.4, -0.2) is 5.11 Å². The molecule has 2 rings (SSSR count). The predicted octanol–water partition coefficient (Wildman–Crippen LogP) is 2.95. The maximum atomic E-state index is 11.5. The second-order valence-corrected chi connectivity index (χ2v) is 4.66. The summed E-state index contributed by atoms with van der Waals surface area (Å²) in [6.07, 6.45) is 0. The Hall–Kier alpha value is -1.68. The van der Waals surface area contributed by atoms with Gasteiger partial charge in [0.25, 0.3) is 0 Å². The summed E-state index contributed by atoms with van der Waals surface area (Å²) in [7, 11) is 0. The van der Waals surface area contributed by atoms with Crippen molar-refractivity contribution in [2.45, 2.75) is 17.6 Å². The van der Waals surface area contributed by atoms with E-state index in [4.69, 9.17) is 4.42 Å². The van der Waals surface area contributed by atoms with Crippen molar-refractivity contribution < 1.29 is 9.52 Å². The third-order valence-corrected chi connectivity index (χ3v) is 3.31. The first-order chi connectivity index (χ1) is 8.16. The molecule has 88 valence electrons. The third-order valence-electron chi connectivity index (χ3n) is 2.28. The number of hydrogen-bond acceptors (Lipinski definition) is 4. The van der Waals surface area contributed by atoms with E-state index < -0.39 is 5.63 Å². The Bertz CT molecular complexity index is 561. The van der Waals surface area contributed by atoms with Gasteiger partial charge in [0.2, 0.25) is 0 Å². The minimum absolute atomic E-state index is 0.00202. The molecular weight excluding hydrogens is 236 g/mol. The summed E-state index contributed by atoms with van der Waals surface area (Å²) >= 11 is 1.49. The fraction of sp³-hybridized carbons (Fsp3) is 0.154. The van der Waals surface area contributed by atoms with Gasteiger partial charge in [-0.2, -0.15) is 0 Å². The zero-order valence-corrected chi connectivity index (χ0v) is 10.2. The second-order valence-electron chi connectivity index (χ2n) is 3.61. The summed E-state index contributed by atoms with van der Waals surface area (Å²) in [6.45, 7) is 1.63. The Balaban J connectivity index is 2.18. The van der Waals surface area contributed by atoms with E-state index in [2.05, 4.69) is 0 Å². The molecule has 0 aliphatic heterocycles. The summed E-state index contributed by atoms with van der Waals surface area (Å²) in [6, 6.07) is 11.2. The van der Waals surface area contributed by atoms with Crippen molar-refractivity contribution in [1.29, 1.82) is 0 Å². The molecule has 0 radical (unpaired) electrons. The fourth-order valence-electron chi connectivity index (χ4n) is 1.43. The smallest absolute Gasteiger partial charge is 0.343 e. The summed E-state index contributed by atoms with van der Waals surface area (Å²) in [5.74, 6) is 0.821. The quantitative estimate of drug-likeness (QED) is 0.848. The van der Waals surface area contributed by atoms with E-state index in [1.54, 1.807) is 6.92 Å². The van der Waals surface area contributed by atoms with Crippen LogP contribution in [0.1, 0.15) is 11.3 Å². The van der Waals surface area contributed by atoms with E-state index in [0.29, 0.717) is 17.1 Å². The van der Waals surface area contributed by atoms with Crippen LogP contribution in [0.15, 0.2) is 50.5 Å². The SMILES string of the molecule is Cc1cc(O)c(CSc2ccccc2)c(=O)o1. The second kappa shape index (κ2) is 5.10. The van der Waals surface area contributed by atoms with E-state index in [0.717, 1.165) is 4.90 Å². The van der Waals surface area contributed by atoms with Crippen LogP contribution >= 0.6 is 11.8 Å². The number of aromatic hydroxyl groups is 1. The molecule has 0 saturated carbocycles. The lowest BCUT2D eigenvalue weighted by molar-refractivity contribution is 0.426. The molecule has 0 saturated heterocycles. The molecule has 0 aliphatic rings. The fourth-order valence-corrected chi connectivity index (χ4v) is 2.35. The van der Waals surface area contributed by atoms with E-state index in [1.165, 1.54) is 17.8 Å². The van der Waals surface area contributed by atoms with Gasteiger partial charge in [-0.1, -0.05) is 18.2 Å². The van der Waals surface area contributed by atoms with Gasteiger partial charge in [0.05, 0.1) is 5.56 Å². The third kappa shape index (κ3) is 2.91. The van der Waals surface area contributed by atoms with E-state index in [9.17, 15) is 9.90 Å². The molecule has 3 nitrogen and oxygen atoms in total. The van der Waals surface area contributed by atoms with Crippen LogP contribution in [-0.2, 0) is 5.75 Å². The van der Waals surface area contributed by atoms with Crippen LogP contribution in [0.2, 0.25) is 0 Å². The lowest BCUT2D eigenvalue weighted by atomic mass is 10.3. The van der Waals surface area contributed by atoms with E-state index in [-0.39, 0.29) is 5.75 Å². The van der Waals surface area contributed by atoms with Crippen molar-refractivity contribution in [3.8, 4) is 5.75 Å². The molecule has 4 heteroatoms. The summed E-state index contributed by atoms with van der Waals surface area (Å²) in [4.78, 5) is 12.6. The normalized spacial score (nSPS) is 10.4. The number of rotatable bonds is 3. The highest BCUT2D eigenvalue weighted by atomic mass is 32.2. The largest absolute Gasteiger partial charge is 0.507 e. The molecule has 2 aromatic rings.